The zero-order chi connectivity index (χ0) is 27.7. The van der Waals surface area contributed by atoms with Crippen LogP contribution in [-0.4, -0.2) is 91.3 Å². The summed E-state index contributed by atoms with van der Waals surface area (Å²) >= 11 is 0. The number of ether oxygens (including phenoxy) is 6. The van der Waals surface area contributed by atoms with Crippen molar-refractivity contribution in [1.82, 2.24) is 0 Å². The van der Waals surface area contributed by atoms with Gasteiger partial charge < -0.3 is 58.4 Å². The fraction of sp³-hybridized carbons (Fsp3) is 0.400. The molecule has 13 heteroatoms. The summed E-state index contributed by atoms with van der Waals surface area (Å²) in [6.07, 6.45) is -7.40. The normalized spacial score (nSPS) is 23.2. The average molecular weight is 536 g/mol. The Balaban J connectivity index is 1.78. The van der Waals surface area contributed by atoms with Crippen molar-refractivity contribution in [2.45, 2.75) is 30.7 Å². The van der Waals surface area contributed by atoms with Crippen LogP contribution in [0.4, 0.5) is 0 Å². The minimum absolute atomic E-state index is 0.00145. The maximum Gasteiger partial charge on any atom is 0.239 e. The van der Waals surface area contributed by atoms with E-state index in [1.54, 1.807) is 0 Å². The van der Waals surface area contributed by atoms with Crippen LogP contribution in [0.2, 0.25) is 0 Å². The van der Waals surface area contributed by atoms with Crippen LogP contribution in [0, 0.1) is 0 Å². The molecule has 3 aromatic rings. The highest BCUT2D eigenvalue weighted by molar-refractivity contribution is 5.91. The second kappa shape index (κ2) is 10.9. The first-order valence-electron chi connectivity index (χ1n) is 11.3. The Hall–Kier alpha value is -3.75. The molecule has 0 amide bonds. The third kappa shape index (κ3) is 4.54. The van der Waals surface area contributed by atoms with Crippen LogP contribution in [0.1, 0.15) is 0 Å². The zero-order valence-electron chi connectivity index (χ0n) is 20.9. The van der Waals surface area contributed by atoms with Crippen molar-refractivity contribution in [2.24, 2.45) is 0 Å². The zero-order valence-corrected chi connectivity index (χ0v) is 20.9. The van der Waals surface area contributed by atoms with E-state index < -0.39 is 48.5 Å². The highest BCUT2D eigenvalue weighted by atomic mass is 16.7. The molecule has 1 saturated heterocycles. The van der Waals surface area contributed by atoms with E-state index in [2.05, 4.69) is 0 Å². The Morgan fingerprint density at radius 2 is 1.53 bits per heavy atom. The number of hydrogen-bond acceptors (Lipinski definition) is 13. The lowest BCUT2D eigenvalue weighted by molar-refractivity contribution is -0.277. The van der Waals surface area contributed by atoms with E-state index in [4.69, 9.17) is 32.8 Å². The monoisotopic (exact) mass is 536 g/mol. The van der Waals surface area contributed by atoms with Gasteiger partial charge in [-0.25, -0.2) is 0 Å². The first kappa shape index (κ1) is 27.3. The lowest BCUT2D eigenvalue weighted by Crippen LogP contribution is -2.60. The molecule has 13 nitrogen and oxygen atoms in total. The Bertz CT molecular complexity index is 1370. The highest BCUT2D eigenvalue weighted by Gasteiger charge is 2.45. The number of aromatic hydroxyl groups is 1. The maximum absolute atomic E-state index is 13.3. The Morgan fingerprint density at radius 3 is 2.13 bits per heavy atom. The molecule has 206 valence electrons. The van der Waals surface area contributed by atoms with Gasteiger partial charge in [-0.05, 0) is 18.2 Å². The third-order valence-corrected chi connectivity index (χ3v) is 6.18. The number of benzene rings is 2. The molecule has 4 rings (SSSR count). The molecule has 1 aliphatic heterocycles. The van der Waals surface area contributed by atoms with E-state index in [1.165, 1.54) is 52.7 Å². The molecule has 2 heterocycles. The SMILES string of the molecule is COc1cc(-c2oc3cc(OC)c(OC)c(O)c3c(=O)c2OC)ccc1O[C@@H]1O[C@H](CO)[C@@H](O)[C@H](O)[C@H]1O. The number of hydrogen-bond donors (Lipinski definition) is 5. The van der Waals surface area contributed by atoms with Gasteiger partial charge in [-0.2, -0.15) is 0 Å². The van der Waals surface area contributed by atoms with E-state index in [9.17, 15) is 30.3 Å². The molecule has 1 fully saturated rings. The van der Waals surface area contributed by atoms with Crippen molar-refractivity contribution in [2.75, 3.05) is 35.0 Å². The first-order valence-corrected chi connectivity index (χ1v) is 11.3. The van der Waals surface area contributed by atoms with Gasteiger partial charge in [-0.15, -0.1) is 0 Å². The van der Waals surface area contributed by atoms with Crippen molar-refractivity contribution < 1.29 is 58.4 Å². The lowest BCUT2D eigenvalue weighted by Gasteiger charge is -2.39. The summed E-state index contributed by atoms with van der Waals surface area (Å²) in [6.45, 7) is -0.617. The molecule has 0 aliphatic carbocycles. The predicted octanol–water partition coefficient (Wildman–Crippen LogP) is 0.379. The standard InChI is InChI=1S/C25H28O13/c1-32-12-7-10(5-6-11(12)37-25-21(31)20(30)17(27)15(9-26)38-25)22-24(35-4)19(29)16-13(36-22)8-14(33-2)23(34-3)18(16)28/h5-8,15,17,20-21,25-28,30-31H,9H2,1-4H3/t15-,17-,20+,21-,25-/m1/s1. The first-order chi connectivity index (χ1) is 18.2. The van der Waals surface area contributed by atoms with E-state index in [0.29, 0.717) is 5.56 Å². The summed E-state index contributed by atoms with van der Waals surface area (Å²) in [5.41, 5.74) is -0.336. The van der Waals surface area contributed by atoms with Crippen LogP contribution in [0.3, 0.4) is 0 Å². The molecule has 1 aliphatic rings. The number of methoxy groups -OCH3 is 4. The summed E-state index contributed by atoms with van der Waals surface area (Å²) < 4.78 is 38.2. The maximum atomic E-state index is 13.3. The summed E-state index contributed by atoms with van der Waals surface area (Å²) in [4.78, 5) is 13.3. The smallest absolute Gasteiger partial charge is 0.239 e. The molecule has 2 aromatic carbocycles. The van der Waals surface area contributed by atoms with Crippen LogP contribution in [-0.2, 0) is 4.74 Å². The third-order valence-electron chi connectivity index (χ3n) is 6.18. The number of rotatable bonds is 8. The molecular weight excluding hydrogens is 508 g/mol. The van der Waals surface area contributed by atoms with Crippen LogP contribution in [0.5, 0.6) is 34.5 Å². The van der Waals surface area contributed by atoms with Crippen molar-refractivity contribution in [3.8, 4) is 45.8 Å². The van der Waals surface area contributed by atoms with Crippen molar-refractivity contribution >= 4 is 11.0 Å². The molecule has 0 unspecified atom stereocenters. The van der Waals surface area contributed by atoms with Gasteiger partial charge in [0.1, 0.15) is 35.4 Å². The summed E-state index contributed by atoms with van der Waals surface area (Å²) in [7, 11) is 5.30. The summed E-state index contributed by atoms with van der Waals surface area (Å²) in [6, 6.07) is 5.80. The minimum atomic E-state index is -1.63. The number of phenols is 1. The van der Waals surface area contributed by atoms with Gasteiger partial charge in [0, 0.05) is 11.6 Å². The van der Waals surface area contributed by atoms with Gasteiger partial charge in [0.2, 0.25) is 23.2 Å². The van der Waals surface area contributed by atoms with E-state index in [1.807, 2.05) is 0 Å². The molecule has 0 spiro atoms. The van der Waals surface area contributed by atoms with Crippen molar-refractivity contribution in [3.05, 3.63) is 34.5 Å². The van der Waals surface area contributed by atoms with Crippen molar-refractivity contribution in [3.63, 3.8) is 0 Å². The molecule has 1 aromatic heterocycles. The predicted molar refractivity (Wildman–Crippen MR) is 130 cm³/mol. The fourth-order valence-electron chi connectivity index (χ4n) is 4.20. The number of fused-ring (bicyclic) bond motifs is 1. The Morgan fingerprint density at radius 1 is 0.842 bits per heavy atom. The van der Waals surface area contributed by atoms with Gasteiger partial charge in [0.05, 0.1) is 35.0 Å². The number of aliphatic hydroxyl groups is 4. The second-order valence-corrected chi connectivity index (χ2v) is 8.31. The van der Waals surface area contributed by atoms with Gasteiger partial charge in [-0.1, -0.05) is 0 Å². The van der Waals surface area contributed by atoms with Crippen LogP contribution in [0.15, 0.2) is 33.5 Å². The highest BCUT2D eigenvalue weighted by Crippen LogP contribution is 2.44. The quantitative estimate of drug-likeness (QED) is 0.266. The van der Waals surface area contributed by atoms with Gasteiger partial charge >= 0.3 is 0 Å². The van der Waals surface area contributed by atoms with E-state index in [-0.39, 0.29) is 45.5 Å². The molecule has 5 N–H and O–H groups in total. The molecule has 0 radical (unpaired) electrons. The van der Waals surface area contributed by atoms with Gasteiger partial charge in [0.15, 0.2) is 28.8 Å². The van der Waals surface area contributed by atoms with Crippen LogP contribution >= 0.6 is 0 Å². The van der Waals surface area contributed by atoms with Crippen LogP contribution in [0.25, 0.3) is 22.3 Å². The lowest BCUT2D eigenvalue weighted by atomic mass is 9.99. The topological polar surface area (TPSA) is 187 Å². The fourth-order valence-corrected chi connectivity index (χ4v) is 4.20. The molecular formula is C25H28O13. The minimum Gasteiger partial charge on any atom is -0.504 e. The molecule has 0 bridgehead atoms. The summed E-state index contributed by atoms with van der Waals surface area (Å²) in [5.74, 6) is -0.373. The van der Waals surface area contributed by atoms with E-state index in [0.717, 1.165) is 0 Å². The van der Waals surface area contributed by atoms with Crippen molar-refractivity contribution in [1.29, 1.82) is 0 Å². The largest absolute Gasteiger partial charge is 0.504 e. The van der Waals surface area contributed by atoms with Gasteiger partial charge in [0.25, 0.3) is 0 Å². The number of phenolic OH excluding ortho intramolecular Hbond substituents is 1. The molecule has 38 heavy (non-hydrogen) atoms. The van der Waals surface area contributed by atoms with E-state index >= 15 is 0 Å². The molecule has 5 atom stereocenters. The molecule has 0 saturated carbocycles. The average Bonchev–Trinajstić information content (AvgIpc) is 2.92. The Labute approximate surface area is 215 Å². The second-order valence-electron chi connectivity index (χ2n) is 8.31. The Kier molecular flexibility index (Phi) is 7.85. The number of aliphatic hydroxyl groups excluding tert-OH is 4. The van der Waals surface area contributed by atoms with Crippen LogP contribution < -0.4 is 29.1 Å². The van der Waals surface area contributed by atoms with Gasteiger partial charge in [-0.3, -0.25) is 4.79 Å². The summed E-state index contributed by atoms with van der Waals surface area (Å²) in [5, 5.41) is 50.2.